The molecule has 2 amide bonds. The third-order valence-corrected chi connectivity index (χ3v) is 5.44. The second kappa shape index (κ2) is 8.96. The van der Waals surface area contributed by atoms with Crippen LogP contribution in [0.15, 0.2) is 66.4 Å². The van der Waals surface area contributed by atoms with E-state index in [1.54, 1.807) is 30.3 Å². The van der Waals surface area contributed by atoms with Gasteiger partial charge >= 0.3 is 6.18 Å². The van der Waals surface area contributed by atoms with Gasteiger partial charge in [0.25, 0.3) is 11.8 Å². The Kier molecular flexibility index (Phi) is 6.20. The molecule has 4 rings (SSSR count). The van der Waals surface area contributed by atoms with Crippen molar-refractivity contribution in [2.45, 2.75) is 6.18 Å². The maximum atomic E-state index is 13.8. The number of hydrogen-bond acceptors (Lipinski definition) is 4. The fourth-order valence-electron chi connectivity index (χ4n) is 3.35. The molecular formula is C23H15ClF3N3O3S. The van der Waals surface area contributed by atoms with E-state index in [9.17, 15) is 22.8 Å². The van der Waals surface area contributed by atoms with E-state index in [2.05, 4.69) is 5.32 Å². The van der Waals surface area contributed by atoms with E-state index in [0.29, 0.717) is 5.02 Å². The molecule has 1 aromatic heterocycles. The summed E-state index contributed by atoms with van der Waals surface area (Å²) in [4.78, 5) is 26.9. The number of anilines is 1. The highest BCUT2D eigenvalue weighted by molar-refractivity contribution is 7.80. The highest BCUT2D eigenvalue weighted by Gasteiger charge is 2.39. The van der Waals surface area contributed by atoms with Crippen LogP contribution in [-0.4, -0.2) is 21.5 Å². The number of carbonyl (C=O) groups excluding carboxylic acids is 2. The topological polar surface area (TPSA) is 63.6 Å². The molecule has 1 fully saturated rings. The van der Waals surface area contributed by atoms with Crippen molar-refractivity contribution in [2.24, 2.45) is 7.05 Å². The maximum Gasteiger partial charge on any atom is 0.418 e. The first kappa shape index (κ1) is 23.5. The summed E-state index contributed by atoms with van der Waals surface area (Å²) in [5.41, 5.74) is -1.80. The minimum absolute atomic E-state index is 0.196. The molecule has 3 aromatic rings. The molecule has 2 heterocycles. The van der Waals surface area contributed by atoms with E-state index in [-0.39, 0.29) is 22.4 Å². The van der Waals surface area contributed by atoms with Crippen molar-refractivity contribution < 1.29 is 27.5 Å². The molecule has 0 atom stereocenters. The van der Waals surface area contributed by atoms with E-state index in [0.717, 1.165) is 21.7 Å². The fourth-order valence-corrected chi connectivity index (χ4v) is 3.75. The monoisotopic (exact) mass is 505 g/mol. The van der Waals surface area contributed by atoms with Crippen molar-refractivity contribution in [1.29, 1.82) is 0 Å². The number of thiocarbonyl (C=S) groups is 1. The molecule has 0 bridgehead atoms. The molecule has 1 aliphatic heterocycles. The van der Waals surface area contributed by atoms with Crippen LogP contribution in [0.25, 0.3) is 6.08 Å². The van der Waals surface area contributed by atoms with Crippen LogP contribution in [0.4, 0.5) is 18.9 Å². The predicted octanol–water partition coefficient (Wildman–Crippen LogP) is 5.32. The quantitative estimate of drug-likeness (QED) is 0.296. The molecule has 11 heteroatoms. The summed E-state index contributed by atoms with van der Waals surface area (Å²) >= 11 is 11.0. The zero-order chi connectivity index (χ0) is 24.6. The van der Waals surface area contributed by atoms with Gasteiger partial charge in [0.1, 0.15) is 11.3 Å². The van der Waals surface area contributed by atoms with Crippen LogP contribution in [0.1, 0.15) is 11.1 Å². The number of amides is 2. The zero-order valence-corrected chi connectivity index (χ0v) is 19.0. The molecule has 0 aliphatic carbocycles. The average Bonchev–Trinajstić information content (AvgIpc) is 3.08. The Morgan fingerprint density at radius 3 is 2.32 bits per heavy atom. The number of nitrogens with one attached hydrogen (secondary N) is 1. The number of nitrogens with zero attached hydrogens (tertiary/aromatic N) is 2. The Labute approximate surface area is 202 Å². The van der Waals surface area contributed by atoms with Gasteiger partial charge in [0, 0.05) is 23.8 Å². The smallest absolute Gasteiger partial charge is 0.418 e. The second-order valence-electron chi connectivity index (χ2n) is 7.22. The minimum atomic E-state index is -4.78. The summed E-state index contributed by atoms with van der Waals surface area (Å²) in [7, 11) is 1.37. The van der Waals surface area contributed by atoms with Crippen LogP contribution >= 0.6 is 23.8 Å². The molecule has 1 aliphatic rings. The van der Waals surface area contributed by atoms with E-state index in [4.69, 9.17) is 28.6 Å². The van der Waals surface area contributed by atoms with Crippen LogP contribution in [0.3, 0.4) is 0 Å². The number of rotatable bonds is 4. The van der Waals surface area contributed by atoms with Crippen molar-refractivity contribution in [1.82, 2.24) is 9.88 Å². The van der Waals surface area contributed by atoms with Crippen LogP contribution in [0, 0.1) is 0 Å². The fraction of sp³-hybridized carbons (Fsp3) is 0.0870. The van der Waals surface area contributed by atoms with E-state index in [1.807, 2.05) is 0 Å². The van der Waals surface area contributed by atoms with Gasteiger partial charge < -0.3 is 9.30 Å². The molecule has 2 aromatic carbocycles. The number of alkyl halides is 3. The van der Waals surface area contributed by atoms with Gasteiger partial charge in [-0.3, -0.25) is 19.8 Å². The van der Waals surface area contributed by atoms with Gasteiger partial charge in [0.15, 0.2) is 5.11 Å². The number of para-hydroxylation sites is 1. The lowest BCUT2D eigenvalue weighted by Crippen LogP contribution is -2.54. The summed E-state index contributed by atoms with van der Waals surface area (Å²) in [6.45, 7) is 0. The van der Waals surface area contributed by atoms with E-state index < -0.39 is 34.7 Å². The van der Waals surface area contributed by atoms with Gasteiger partial charge in [-0.25, -0.2) is 0 Å². The van der Waals surface area contributed by atoms with Gasteiger partial charge in [0.2, 0.25) is 5.88 Å². The maximum absolute atomic E-state index is 13.8. The van der Waals surface area contributed by atoms with Crippen molar-refractivity contribution >= 4 is 52.5 Å². The molecule has 0 spiro atoms. The molecule has 0 saturated carbocycles. The average molecular weight is 506 g/mol. The number of benzene rings is 2. The van der Waals surface area contributed by atoms with Gasteiger partial charge in [-0.1, -0.05) is 29.8 Å². The molecular weight excluding hydrogens is 491 g/mol. The number of aromatic nitrogens is 1. The van der Waals surface area contributed by atoms with Gasteiger partial charge in [0.05, 0.1) is 11.3 Å². The van der Waals surface area contributed by atoms with Crippen LogP contribution in [0.2, 0.25) is 5.02 Å². The van der Waals surface area contributed by atoms with Gasteiger partial charge in [-0.15, -0.1) is 0 Å². The van der Waals surface area contributed by atoms with Crippen molar-refractivity contribution in [2.75, 3.05) is 4.90 Å². The number of halogens is 4. The Balaban J connectivity index is 1.84. The zero-order valence-electron chi connectivity index (χ0n) is 17.4. The number of ether oxygens (including phenoxy) is 1. The highest BCUT2D eigenvalue weighted by atomic mass is 35.5. The predicted molar refractivity (Wildman–Crippen MR) is 125 cm³/mol. The third kappa shape index (κ3) is 4.55. The molecule has 0 radical (unpaired) electrons. The molecule has 174 valence electrons. The number of aryl methyl sites for hydroxylation is 1. The first-order valence-corrected chi connectivity index (χ1v) is 10.5. The first-order chi connectivity index (χ1) is 16.1. The molecule has 6 nitrogen and oxygen atoms in total. The van der Waals surface area contributed by atoms with E-state index in [1.165, 1.54) is 31.3 Å². The second-order valence-corrected chi connectivity index (χ2v) is 8.04. The largest absolute Gasteiger partial charge is 0.440 e. The minimum Gasteiger partial charge on any atom is -0.440 e. The number of carbonyl (C=O) groups is 2. The third-order valence-electron chi connectivity index (χ3n) is 4.90. The molecule has 1 N–H and O–H groups in total. The summed E-state index contributed by atoms with van der Waals surface area (Å²) in [6, 6.07) is 14.2. The number of hydrogen-bond donors (Lipinski definition) is 1. The van der Waals surface area contributed by atoms with Crippen LogP contribution in [-0.2, 0) is 22.8 Å². The normalized spacial score (nSPS) is 15.6. The van der Waals surface area contributed by atoms with E-state index >= 15 is 0 Å². The Bertz CT molecular complexity index is 1320. The standard InChI is InChI=1S/C23H15ClF3N3O3S/c1-29-12-18(23(25,26)27)16(21(29)33-15-5-3-2-4-6-15)11-17-19(31)28-22(34)30(20(17)32)14-9-7-13(24)8-10-14/h2-12H,1H3,(H,28,31,34)/b17-11+. The Morgan fingerprint density at radius 2 is 1.71 bits per heavy atom. The molecule has 0 unspecified atom stereocenters. The molecule has 34 heavy (non-hydrogen) atoms. The van der Waals surface area contributed by atoms with Gasteiger partial charge in [-0.2, -0.15) is 13.2 Å². The summed E-state index contributed by atoms with van der Waals surface area (Å²) in [6.07, 6.45) is -3.08. The van der Waals surface area contributed by atoms with Crippen LogP contribution in [0.5, 0.6) is 11.6 Å². The summed E-state index contributed by atoms with van der Waals surface area (Å²) in [5, 5.41) is 2.54. The van der Waals surface area contributed by atoms with Crippen molar-refractivity contribution in [3.63, 3.8) is 0 Å². The lowest BCUT2D eigenvalue weighted by molar-refractivity contribution is -0.137. The lowest BCUT2D eigenvalue weighted by Gasteiger charge is -2.29. The van der Waals surface area contributed by atoms with Crippen molar-refractivity contribution in [3.8, 4) is 11.6 Å². The first-order valence-electron chi connectivity index (χ1n) is 9.72. The SMILES string of the molecule is Cn1cc(C(F)(F)F)c(/C=C2\C(=O)NC(=S)N(c3ccc(Cl)cc3)C2=O)c1Oc1ccccc1. The van der Waals surface area contributed by atoms with Crippen LogP contribution < -0.4 is 15.0 Å². The van der Waals surface area contributed by atoms with Gasteiger partial charge in [-0.05, 0) is 54.7 Å². The Morgan fingerprint density at radius 1 is 1.06 bits per heavy atom. The highest BCUT2D eigenvalue weighted by Crippen LogP contribution is 2.40. The Hall–Kier alpha value is -3.63. The summed E-state index contributed by atoms with van der Waals surface area (Å²) in [5.74, 6) is -1.74. The van der Waals surface area contributed by atoms with Crippen molar-refractivity contribution in [3.05, 3.63) is 82.5 Å². The summed E-state index contributed by atoms with van der Waals surface area (Å²) < 4.78 is 48.4. The lowest BCUT2D eigenvalue weighted by atomic mass is 10.1. The molecule has 1 saturated heterocycles.